The molecule has 10 nitrogen and oxygen atoms in total. The van der Waals surface area contributed by atoms with Crippen LogP contribution in [0.2, 0.25) is 5.02 Å². The van der Waals surface area contributed by atoms with Gasteiger partial charge in [-0.1, -0.05) is 23.7 Å². The number of carbonyl (C=O) groups excluding carboxylic acids is 4. The van der Waals surface area contributed by atoms with E-state index >= 15 is 0 Å². The van der Waals surface area contributed by atoms with Crippen LogP contribution in [0.4, 0.5) is 18.9 Å². The van der Waals surface area contributed by atoms with Gasteiger partial charge in [-0.2, -0.15) is 13.2 Å². The molecule has 2 aromatic rings. The zero-order valence-corrected chi connectivity index (χ0v) is 21.4. The van der Waals surface area contributed by atoms with Crippen LogP contribution in [-0.4, -0.2) is 49.5 Å². The smallest absolute Gasteiger partial charge is 0.351 e. The van der Waals surface area contributed by atoms with Crippen LogP contribution in [0.5, 0.6) is 0 Å². The normalized spacial score (nSPS) is 18.3. The number of nitrogens with zero attached hydrogens (tertiary/aromatic N) is 1. The van der Waals surface area contributed by atoms with E-state index < -0.39 is 56.5 Å². The molecule has 39 heavy (non-hydrogen) atoms. The summed E-state index contributed by atoms with van der Waals surface area (Å²) in [5, 5.41) is 4.27. The van der Waals surface area contributed by atoms with Crippen molar-refractivity contribution in [3.05, 3.63) is 70.4 Å². The minimum Gasteiger partial charge on any atom is -0.351 e. The highest BCUT2D eigenvalue weighted by molar-refractivity contribution is 7.89. The Labute approximate surface area is 225 Å². The van der Waals surface area contributed by atoms with E-state index in [1.807, 2.05) is 0 Å². The molecule has 2 heterocycles. The molecule has 0 bridgehead atoms. The summed E-state index contributed by atoms with van der Waals surface area (Å²) in [6, 6.07) is 7.36. The third-order valence-electron chi connectivity index (χ3n) is 5.94. The fourth-order valence-corrected chi connectivity index (χ4v) is 5.44. The van der Waals surface area contributed by atoms with E-state index in [0.29, 0.717) is 5.56 Å². The molecule has 0 spiro atoms. The molecule has 1 unspecified atom stereocenters. The van der Waals surface area contributed by atoms with E-state index in [4.69, 9.17) is 11.6 Å². The summed E-state index contributed by atoms with van der Waals surface area (Å²) in [7, 11) is -4.06. The maximum absolute atomic E-state index is 12.9. The summed E-state index contributed by atoms with van der Waals surface area (Å²) in [6.45, 7) is -0.138. The standard InChI is InChI=1S/C24H20ClF3N4O6S/c25-17-10-13(4-5-16(17)24(26,27)28)8-9-29-39(37,38)15-3-1-2-14(11-15)30-18-12-21(34)32(23(18)36)19-6-7-20(33)31-22(19)35/h1-5,10-12,19,29-30H,6-9H2,(H,31,33,35). The monoisotopic (exact) mass is 584 g/mol. The Morgan fingerprint density at radius 3 is 2.49 bits per heavy atom. The molecule has 0 saturated carbocycles. The molecular formula is C24H20ClF3N4O6S. The molecule has 3 N–H and O–H groups in total. The summed E-state index contributed by atoms with van der Waals surface area (Å²) in [5.74, 6) is -2.83. The molecule has 0 radical (unpaired) electrons. The first-order valence-electron chi connectivity index (χ1n) is 11.4. The van der Waals surface area contributed by atoms with Crippen LogP contribution in [-0.2, 0) is 41.8 Å². The lowest BCUT2D eigenvalue weighted by molar-refractivity contribution is -0.149. The number of sulfonamides is 1. The van der Waals surface area contributed by atoms with Gasteiger partial charge in [-0.05, 0) is 48.7 Å². The van der Waals surface area contributed by atoms with Gasteiger partial charge in [0.15, 0.2) is 0 Å². The highest BCUT2D eigenvalue weighted by atomic mass is 35.5. The Hall–Kier alpha value is -3.75. The van der Waals surface area contributed by atoms with E-state index in [1.165, 1.54) is 30.3 Å². The third kappa shape index (κ3) is 6.29. The van der Waals surface area contributed by atoms with Gasteiger partial charge in [0.2, 0.25) is 21.8 Å². The van der Waals surface area contributed by atoms with Crippen LogP contribution in [0, 0.1) is 0 Å². The molecule has 1 fully saturated rings. The Kier molecular flexibility index (Phi) is 7.82. The number of hydrogen-bond donors (Lipinski definition) is 3. The number of imide groups is 2. The van der Waals surface area contributed by atoms with Gasteiger partial charge < -0.3 is 5.32 Å². The number of alkyl halides is 3. The number of halogens is 4. The molecule has 206 valence electrons. The van der Waals surface area contributed by atoms with Crippen molar-refractivity contribution in [1.29, 1.82) is 0 Å². The second-order valence-corrected chi connectivity index (χ2v) is 10.8. The summed E-state index contributed by atoms with van der Waals surface area (Å²) < 4.78 is 66.5. The highest BCUT2D eigenvalue weighted by Gasteiger charge is 2.42. The van der Waals surface area contributed by atoms with Gasteiger partial charge in [0, 0.05) is 24.7 Å². The highest BCUT2D eigenvalue weighted by Crippen LogP contribution is 2.35. The number of carbonyl (C=O) groups is 4. The van der Waals surface area contributed by atoms with Crippen molar-refractivity contribution in [2.75, 3.05) is 11.9 Å². The lowest BCUT2D eigenvalue weighted by Crippen LogP contribution is -2.54. The number of piperidine rings is 1. The number of amides is 4. The van der Waals surface area contributed by atoms with Gasteiger partial charge in [-0.25, -0.2) is 13.1 Å². The third-order valence-corrected chi connectivity index (χ3v) is 7.72. The van der Waals surface area contributed by atoms with E-state index in [1.54, 1.807) is 0 Å². The molecule has 0 aliphatic carbocycles. The maximum atomic E-state index is 12.9. The van der Waals surface area contributed by atoms with Crippen molar-refractivity contribution < 1.29 is 40.8 Å². The predicted molar refractivity (Wildman–Crippen MR) is 132 cm³/mol. The fourth-order valence-electron chi connectivity index (χ4n) is 4.05. The van der Waals surface area contributed by atoms with Gasteiger partial charge in [0.05, 0.1) is 15.5 Å². The molecule has 4 amide bonds. The average molecular weight is 585 g/mol. The van der Waals surface area contributed by atoms with Gasteiger partial charge in [-0.3, -0.25) is 29.4 Å². The van der Waals surface area contributed by atoms with Crippen LogP contribution >= 0.6 is 11.6 Å². The van der Waals surface area contributed by atoms with E-state index in [2.05, 4.69) is 15.4 Å². The van der Waals surface area contributed by atoms with Crippen molar-refractivity contribution in [3.63, 3.8) is 0 Å². The minimum absolute atomic E-state index is 0.0126. The fraction of sp³-hybridized carbons (Fsp3) is 0.250. The number of benzene rings is 2. The van der Waals surface area contributed by atoms with E-state index in [9.17, 15) is 40.8 Å². The van der Waals surface area contributed by atoms with Crippen molar-refractivity contribution in [3.8, 4) is 0 Å². The van der Waals surface area contributed by atoms with Gasteiger partial charge in [0.1, 0.15) is 11.7 Å². The summed E-state index contributed by atoms with van der Waals surface area (Å²) in [4.78, 5) is 49.3. The van der Waals surface area contributed by atoms with Crippen LogP contribution in [0.1, 0.15) is 24.0 Å². The zero-order chi connectivity index (χ0) is 28.5. The molecule has 1 saturated heterocycles. The van der Waals surface area contributed by atoms with Crippen LogP contribution in [0.15, 0.2) is 59.1 Å². The molecule has 2 aliphatic rings. The van der Waals surface area contributed by atoms with Gasteiger partial charge in [0.25, 0.3) is 11.8 Å². The number of hydrogen-bond acceptors (Lipinski definition) is 7. The zero-order valence-electron chi connectivity index (χ0n) is 19.8. The van der Waals surface area contributed by atoms with Crippen molar-refractivity contribution in [2.45, 2.75) is 36.4 Å². The quantitative estimate of drug-likeness (QED) is 0.404. The van der Waals surface area contributed by atoms with E-state index in [0.717, 1.165) is 23.1 Å². The van der Waals surface area contributed by atoms with Gasteiger partial charge in [-0.15, -0.1) is 0 Å². The molecule has 1 atom stereocenters. The lowest BCUT2D eigenvalue weighted by atomic mass is 10.0. The first-order valence-corrected chi connectivity index (χ1v) is 13.3. The second-order valence-electron chi connectivity index (χ2n) is 8.65. The molecule has 2 aromatic carbocycles. The Bertz CT molecular complexity index is 1510. The predicted octanol–water partition coefficient (Wildman–Crippen LogP) is 2.35. The summed E-state index contributed by atoms with van der Waals surface area (Å²) >= 11 is 5.70. The van der Waals surface area contributed by atoms with Crippen LogP contribution < -0.4 is 15.4 Å². The van der Waals surface area contributed by atoms with Crippen molar-refractivity contribution in [1.82, 2.24) is 14.9 Å². The van der Waals surface area contributed by atoms with Crippen molar-refractivity contribution >= 4 is 50.9 Å². The Balaban J connectivity index is 1.40. The Morgan fingerprint density at radius 2 is 1.82 bits per heavy atom. The maximum Gasteiger partial charge on any atom is 0.417 e. The van der Waals surface area contributed by atoms with Crippen LogP contribution in [0.25, 0.3) is 0 Å². The summed E-state index contributed by atoms with van der Waals surface area (Å²) in [5.41, 5.74) is -0.630. The van der Waals surface area contributed by atoms with Crippen LogP contribution in [0.3, 0.4) is 0 Å². The molecule has 4 rings (SSSR count). The molecule has 2 aliphatic heterocycles. The summed E-state index contributed by atoms with van der Waals surface area (Å²) in [6.07, 6.45) is -3.61. The van der Waals surface area contributed by atoms with Gasteiger partial charge >= 0.3 is 6.18 Å². The Morgan fingerprint density at radius 1 is 1.08 bits per heavy atom. The number of rotatable bonds is 8. The SMILES string of the molecule is O=C1CCC(N2C(=O)C=C(Nc3cccc(S(=O)(=O)NCCc4ccc(C(F)(F)F)c(Cl)c4)c3)C2=O)C(=O)N1. The topological polar surface area (TPSA) is 142 Å². The van der Waals surface area contributed by atoms with Crippen molar-refractivity contribution in [2.24, 2.45) is 0 Å². The minimum atomic E-state index is -4.61. The molecule has 0 aromatic heterocycles. The largest absolute Gasteiger partial charge is 0.417 e. The molecule has 15 heteroatoms. The first kappa shape index (κ1) is 28.3. The first-order chi connectivity index (χ1) is 18.3. The molecular weight excluding hydrogens is 565 g/mol. The number of nitrogens with one attached hydrogen (secondary N) is 3. The second kappa shape index (κ2) is 10.8. The average Bonchev–Trinajstić information content (AvgIpc) is 3.11. The van der Waals surface area contributed by atoms with E-state index in [-0.39, 0.29) is 42.1 Å². The lowest BCUT2D eigenvalue weighted by Gasteiger charge is -2.28. The number of anilines is 1.